The molecule has 0 atom stereocenters. The molecule has 6 heteroatoms. The molecule has 0 aliphatic heterocycles. The smallest absolute Gasteiger partial charge is 0.259 e. The van der Waals surface area contributed by atoms with Gasteiger partial charge in [-0.05, 0) is 46.3 Å². The minimum Gasteiger partial charge on any atom is -0.507 e. The molecular weight excluding hydrogens is 337 g/mol. The fourth-order valence-electron chi connectivity index (χ4n) is 1.49. The van der Waals surface area contributed by atoms with E-state index in [2.05, 4.69) is 21.2 Å². The van der Waals surface area contributed by atoms with Crippen LogP contribution in [0.15, 0.2) is 40.9 Å². The maximum Gasteiger partial charge on any atom is 0.259 e. The first-order valence-electron chi connectivity index (χ1n) is 5.23. The zero-order chi connectivity index (χ0) is 14.0. The van der Waals surface area contributed by atoms with E-state index in [4.69, 9.17) is 11.6 Å². The van der Waals surface area contributed by atoms with E-state index in [9.17, 15) is 14.3 Å². The van der Waals surface area contributed by atoms with Gasteiger partial charge in [-0.15, -0.1) is 0 Å². The van der Waals surface area contributed by atoms with Gasteiger partial charge in [0.05, 0.1) is 11.3 Å². The second kappa shape index (κ2) is 5.59. The van der Waals surface area contributed by atoms with Gasteiger partial charge in [-0.1, -0.05) is 17.7 Å². The van der Waals surface area contributed by atoms with Gasteiger partial charge in [0.25, 0.3) is 5.91 Å². The van der Waals surface area contributed by atoms with Crippen molar-refractivity contribution in [2.75, 3.05) is 5.32 Å². The molecule has 0 fully saturated rings. The monoisotopic (exact) mass is 343 g/mol. The van der Waals surface area contributed by atoms with E-state index in [-0.39, 0.29) is 17.0 Å². The van der Waals surface area contributed by atoms with Crippen molar-refractivity contribution in [1.29, 1.82) is 0 Å². The summed E-state index contributed by atoms with van der Waals surface area (Å²) < 4.78 is 14.0. The fraction of sp³-hybridized carbons (Fsp3) is 0. The van der Waals surface area contributed by atoms with Crippen molar-refractivity contribution >= 4 is 39.1 Å². The Bertz CT molecular complexity index is 628. The van der Waals surface area contributed by atoms with E-state index in [0.717, 1.165) is 0 Å². The van der Waals surface area contributed by atoms with Crippen LogP contribution in [-0.4, -0.2) is 11.0 Å². The van der Waals surface area contributed by atoms with Crippen LogP contribution in [0.1, 0.15) is 10.4 Å². The highest BCUT2D eigenvalue weighted by atomic mass is 79.9. The summed E-state index contributed by atoms with van der Waals surface area (Å²) in [4.78, 5) is 11.9. The van der Waals surface area contributed by atoms with Gasteiger partial charge in [0.2, 0.25) is 0 Å². The third kappa shape index (κ3) is 3.05. The Hall–Kier alpha value is -1.59. The fourth-order valence-corrected chi connectivity index (χ4v) is 2.10. The maximum atomic E-state index is 13.6. The molecule has 0 aliphatic carbocycles. The van der Waals surface area contributed by atoms with E-state index < -0.39 is 11.7 Å². The number of anilines is 1. The van der Waals surface area contributed by atoms with Crippen molar-refractivity contribution in [1.82, 2.24) is 0 Å². The van der Waals surface area contributed by atoms with Crippen LogP contribution >= 0.6 is 27.5 Å². The highest BCUT2D eigenvalue weighted by Gasteiger charge is 2.15. The molecule has 0 bridgehead atoms. The third-order valence-electron chi connectivity index (χ3n) is 2.41. The van der Waals surface area contributed by atoms with Crippen molar-refractivity contribution in [3.63, 3.8) is 0 Å². The maximum absolute atomic E-state index is 13.6. The summed E-state index contributed by atoms with van der Waals surface area (Å²) in [5.74, 6) is -1.46. The predicted molar refractivity (Wildman–Crippen MR) is 75.2 cm³/mol. The lowest BCUT2D eigenvalue weighted by atomic mass is 10.2. The van der Waals surface area contributed by atoms with Crippen LogP contribution in [0.5, 0.6) is 5.75 Å². The number of para-hydroxylation sites is 1. The summed E-state index contributed by atoms with van der Waals surface area (Å²) in [6.45, 7) is 0. The van der Waals surface area contributed by atoms with Gasteiger partial charge in [0, 0.05) is 9.50 Å². The summed E-state index contributed by atoms with van der Waals surface area (Å²) in [6.07, 6.45) is 0. The first kappa shape index (κ1) is 13.8. The number of nitrogens with one attached hydrogen (secondary N) is 1. The Balaban J connectivity index is 2.31. The van der Waals surface area contributed by atoms with E-state index in [1.165, 1.54) is 30.3 Å². The molecular formula is C13H8BrClFNO2. The molecule has 0 unspecified atom stereocenters. The number of aromatic hydroxyl groups is 1. The van der Waals surface area contributed by atoms with Gasteiger partial charge < -0.3 is 10.4 Å². The molecule has 19 heavy (non-hydrogen) atoms. The standard InChI is InChI=1S/C13H8BrClFNO2/c14-9-2-1-3-10(16)12(9)17-13(19)8-5-4-7(15)6-11(8)18/h1-6,18H,(H,17,19). The van der Waals surface area contributed by atoms with Crippen LogP contribution in [0.4, 0.5) is 10.1 Å². The molecule has 0 saturated carbocycles. The average Bonchev–Trinajstić information content (AvgIpc) is 2.33. The van der Waals surface area contributed by atoms with Crippen molar-refractivity contribution in [3.05, 3.63) is 57.3 Å². The number of phenolic OH excluding ortho intramolecular Hbond substituents is 1. The Morgan fingerprint density at radius 2 is 2.05 bits per heavy atom. The van der Waals surface area contributed by atoms with Crippen molar-refractivity contribution in [2.45, 2.75) is 0 Å². The van der Waals surface area contributed by atoms with Crippen LogP contribution < -0.4 is 5.32 Å². The third-order valence-corrected chi connectivity index (χ3v) is 3.30. The molecule has 98 valence electrons. The summed E-state index contributed by atoms with van der Waals surface area (Å²) in [6, 6.07) is 8.40. The molecule has 0 saturated heterocycles. The largest absolute Gasteiger partial charge is 0.507 e. The Morgan fingerprint density at radius 1 is 1.32 bits per heavy atom. The number of halogens is 3. The van der Waals surface area contributed by atoms with E-state index in [1.54, 1.807) is 6.07 Å². The quantitative estimate of drug-likeness (QED) is 0.858. The lowest BCUT2D eigenvalue weighted by molar-refractivity contribution is 0.102. The summed E-state index contributed by atoms with van der Waals surface area (Å²) in [7, 11) is 0. The zero-order valence-corrected chi connectivity index (χ0v) is 11.8. The topological polar surface area (TPSA) is 49.3 Å². The van der Waals surface area contributed by atoms with Gasteiger partial charge in [-0.25, -0.2) is 4.39 Å². The average molecular weight is 345 g/mol. The lowest BCUT2D eigenvalue weighted by Crippen LogP contribution is -2.13. The number of carbonyl (C=O) groups is 1. The molecule has 2 N–H and O–H groups in total. The van der Waals surface area contributed by atoms with Crippen LogP contribution in [-0.2, 0) is 0 Å². The number of amides is 1. The SMILES string of the molecule is O=C(Nc1c(F)cccc1Br)c1ccc(Cl)cc1O. The summed E-state index contributed by atoms with van der Waals surface area (Å²) in [5.41, 5.74) is 0.0291. The van der Waals surface area contributed by atoms with E-state index in [1.807, 2.05) is 0 Å². The van der Waals surface area contributed by atoms with Crippen LogP contribution in [0.25, 0.3) is 0 Å². The second-order valence-corrected chi connectivity index (χ2v) is 5.00. The number of rotatable bonds is 2. The van der Waals surface area contributed by atoms with Gasteiger partial charge >= 0.3 is 0 Å². The molecule has 0 aliphatic rings. The number of hydrogen-bond donors (Lipinski definition) is 2. The van der Waals surface area contributed by atoms with E-state index in [0.29, 0.717) is 9.50 Å². The molecule has 0 heterocycles. The molecule has 1 amide bonds. The minimum atomic E-state index is -0.625. The minimum absolute atomic E-state index is 0.0135. The molecule has 3 nitrogen and oxygen atoms in total. The molecule has 2 rings (SSSR count). The zero-order valence-electron chi connectivity index (χ0n) is 9.45. The van der Waals surface area contributed by atoms with Crippen molar-refractivity contribution in [3.8, 4) is 5.75 Å². The van der Waals surface area contributed by atoms with Crippen molar-refractivity contribution < 1.29 is 14.3 Å². The number of benzene rings is 2. The van der Waals surface area contributed by atoms with Gasteiger partial charge in [-0.3, -0.25) is 4.79 Å². The van der Waals surface area contributed by atoms with Gasteiger partial charge in [-0.2, -0.15) is 0 Å². The summed E-state index contributed by atoms with van der Waals surface area (Å²) in [5, 5.41) is 12.3. The second-order valence-electron chi connectivity index (χ2n) is 3.71. The Kier molecular flexibility index (Phi) is 4.07. The van der Waals surface area contributed by atoms with Crippen molar-refractivity contribution in [2.24, 2.45) is 0 Å². The van der Waals surface area contributed by atoms with Gasteiger partial charge in [0.15, 0.2) is 0 Å². The lowest BCUT2D eigenvalue weighted by Gasteiger charge is -2.09. The first-order valence-corrected chi connectivity index (χ1v) is 6.40. The van der Waals surface area contributed by atoms with E-state index >= 15 is 0 Å². The Morgan fingerprint density at radius 3 is 2.68 bits per heavy atom. The number of phenols is 1. The molecule has 2 aromatic rings. The highest BCUT2D eigenvalue weighted by molar-refractivity contribution is 9.10. The van der Waals surface area contributed by atoms with Crippen LogP contribution in [0, 0.1) is 5.82 Å². The Labute approximate surface area is 122 Å². The van der Waals surface area contributed by atoms with Gasteiger partial charge in [0.1, 0.15) is 11.6 Å². The van der Waals surface area contributed by atoms with Crippen LogP contribution in [0.3, 0.4) is 0 Å². The number of carbonyl (C=O) groups excluding carboxylic acids is 1. The van der Waals surface area contributed by atoms with Crippen LogP contribution in [0.2, 0.25) is 5.02 Å². The molecule has 0 radical (unpaired) electrons. The first-order chi connectivity index (χ1) is 8.99. The molecule has 0 aromatic heterocycles. The normalized spacial score (nSPS) is 10.3. The molecule has 2 aromatic carbocycles. The summed E-state index contributed by atoms with van der Waals surface area (Å²) >= 11 is 8.81. The predicted octanol–water partition coefficient (Wildman–Crippen LogP) is 4.20. The highest BCUT2D eigenvalue weighted by Crippen LogP contribution is 2.27. The molecule has 0 spiro atoms. The number of hydrogen-bond acceptors (Lipinski definition) is 2.